The molecule has 0 spiro atoms. The second-order valence-corrected chi connectivity index (χ2v) is 6.69. The highest BCUT2D eigenvalue weighted by Gasteiger charge is 2.34. The van der Waals surface area contributed by atoms with Crippen molar-refractivity contribution in [2.24, 2.45) is 5.73 Å². The molecule has 2 N–H and O–H groups in total. The van der Waals surface area contributed by atoms with Crippen LogP contribution in [0.2, 0.25) is 0 Å². The van der Waals surface area contributed by atoms with Crippen LogP contribution in [0.25, 0.3) is 0 Å². The van der Waals surface area contributed by atoms with E-state index >= 15 is 0 Å². The van der Waals surface area contributed by atoms with Gasteiger partial charge < -0.3 is 10.5 Å². The lowest BCUT2D eigenvalue weighted by Gasteiger charge is -2.37. The van der Waals surface area contributed by atoms with E-state index in [0.29, 0.717) is 12.1 Å². The Morgan fingerprint density at radius 3 is 2.33 bits per heavy atom. The van der Waals surface area contributed by atoms with Gasteiger partial charge in [-0.1, -0.05) is 6.92 Å². The topological polar surface area (TPSA) is 38.5 Å². The third-order valence-electron chi connectivity index (χ3n) is 4.66. The standard InChI is InChI=1S/C15H30N2O/c1-4-17(13-7-5-12(16)6-8-13)11-14-9-10-15(2,3)18-14/h12-14H,4-11,16H2,1-3H3. The molecule has 3 nitrogen and oxygen atoms in total. The molecule has 0 aromatic rings. The lowest BCUT2D eigenvalue weighted by atomic mass is 9.90. The minimum atomic E-state index is 0.0962. The number of hydrogen-bond acceptors (Lipinski definition) is 3. The molecule has 0 aromatic carbocycles. The van der Waals surface area contributed by atoms with E-state index in [1.165, 1.54) is 38.5 Å². The zero-order valence-electron chi connectivity index (χ0n) is 12.3. The van der Waals surface area contributed by atoms with Crippen molar-refractivity contribution < 1.29 is 4.74 Å². The monoisotopic (exact) mass is 254 g/mol. The minimum absolute atomic E-state index is 0.0962. The first-order valence-electron chi connectivity index (χ1n) is 7.67. The quantitative estimate of drug-likeness (QED) is 0.838. The van der Waals surface area contributed by atoms with Gasteiger partial charge in [-0.25, -0.2) is 0 Å². The summed E-state index contributed by atoms with van der Waals surface area (Å²) in [6.07, 6.45) is 7.78. The number of ether oxygens (including phenoxy) is 1. The fourth-order valence-corrected chi connectivity index (χ4v) is 3.47. The Morgan fingerprint density at radius 1 is 1.17 bits per heavy atom. The van der Waals surface area contributed by atoms with Crippen molar-refractivity contribution in [2.75, 3.05) is 13.1 Å². The van der Waals surface area contributed by atoms with Gasteiger partial charge >= 0.3 is 0 Å². The zero-order chi connectivity index (χ0) is 13.2. The van der Waals surface area contributed by atoms with E-state index in [1.807, 2.05) is 0 Å². The second-order valence-electron chi connectivity index (χ2n) is 6.69. The van der Waals surface area contributed by atoms with Crippen LogP contribution in [0.3, 0.4) is 0 Å². The third-order valence-corrected chi connectivity index (χ3v) is 4.66. The van der Waals surface area contributed by atoms with Crippen molar-refractivity contribution in [3.05, 3.63) is 0 Å². The number of likely N-dealkylation sites (N-methyl/N-ethyl adjacent to an activating group) is 1. The van der Waals surface area contributed by atoms with E-state index in [9.17, 15) is 0 Å². The van der Waals surface area contributed by atoms with Gasteiger partial charge in [0.15, 0.2) is 0 Å². The van der Waals surface area contributed by atoms with Crippen LogP contribution in [0, 0.1) is 0 Å². The molecule has 2 aliphatic rings. The summed E-state index contributed by atoms with van der Waals surface area (Å²) >= 11 is 0. The largest absolute Gasteiger partial charge is 0.371 e. The number of rotatable bonds is 4. The second kappa shape index (κ2) is 5.89. The van der Waals surface area contributed by atoms with E-state index < -0.39 is 0 Å². The average molecular weight is 254 g/mol. The summed E-state index contributed by atoms with van der Waals surface area (Å²) in [5, 5.41) is 0. The molecular weight excluding hydrogens is 224 g/mol. The fourth-order valence-electron chi connectivity index (χ4n) is 3.47. The van der Waals surface area contributed by atoms with Crippen LogP contribution in [0.15, 0.2) is 0 Å². The molecule has 1 aliphatic heterocycles. The van der Waals surface area contributed by atoms with E-state index in [4.69, 9.17) is 10.5 Å². The SMILES string of the molecule is CCN(CC1CCC(C)(C)O1)C1CCC(N)CC1. The highest BCUT2D eigenvalue weighted by molar-refractivity contribution is 4.86. The Bertz CT molecular complexity index is 259. The molecule has 2 rings (SSSR count). The van der Waals surface area contributed by atoms with Gasteiger partial charge in [0.05, 0.1) is 11.7 Å². The third kappa shape index (κ3) is 3.69. The van der Waals surface area contributed by atoms with Crippen LogP contribution in [0.5, 0.6) is 0 Å². The Kier molecular flexibility index (Phi) is 4.68. The molecule has 1 aliphatic carbocycles. The molecular formula is C15H30N2O. The Morgan fingerprint density at radius 2 is 1.83 bits per heavy atom. The maximum atomic E-state index is 6.13. The van der Waals surface area contributed by atoms with Crippen molar-refractivity contribution in [1.82, 2.24) is 4.90 Å². The van der Waals surface area contributed by atoms with Crippen molar-refractivity contribution in [3.8, 4) is 0 Å². The Balaban J connectivity index is 1.82. The molecule has 3 heteroatoms. The molecule has 18 heavy (non-hydrogen) atoms. The smallest absolute Gasteiger partial charge is 0.0710 e. The summed E-state index contributed by atoms with van der Waals surface area (Å²) in [6, 6.07) is 1.18. The van der Waals surface area contributed by atoms with Crippen LogP contribution < -0.4 is 5.73 Å². The lowest BCUT2D eigenvalue weighted by molar-refractivity contribution is -0.0352. The van der Waals surface area contributed by atoms with Crippen molar-refractivity contribution in [1.29, 1.82) is 0 Å². The summed E-state index contributed by atoms with van der Waals surface area (Å²) in [5.41, 5.74) is 6.09. The average Bonchev–Trinajstić information content (AvgIpc) is 2.67. The van der Waals surface area contributed by atoms with Crippen molar-refractivity contribution in [2.45, 2.75) is 83.1 Å². The van der Waals surface area contributed by atoms with Gasteiger partial charge in [-0.05, 0) is 58.9 Å². The lowest BCUT2D eigenvalue weighted by Crippen LogP contribution is -2.44. The maximum absolute atomic E-state index is 6.13. The summed E-state index contributed by atoms with van der Waals surface area (Å²) in [6.45, 7) is 8.94. The van der Waals surface area contributed by atoms with Gasteiger partial charge in [0.2, 0.25) is 0 Å². The first-order valence-corrected chi connectivity index (χ1v) is 7.67. The molecule has 1 unspecified atom stereocenters. The molecule has 0 radical (unpaired) electrons. The molecule has 1 saturated carbocycles. The molecule has 1 heterocycles. The van der Waals surface area contributed by atoms with Gasteiger partial charge in [0.1, 0.15) is 0 Å². The molecule has 0 aromatic heterocycles. The molecule has 1 saturated heterocycles. The van der Waals surface area contributed by atoms with Crippen LogP contribution in [0.1, 0.15) is 59.3 Å². The zero-order valence-corrected chi connectivity index (χ0v) is 12.3. The highest BCUT2D eigenvalue weighted by Crippen LogP contribution is 2.31. The minimum Gasteiger partial charge on any atom is -0.371 e. The van der Waals surface area contributed by atoms with Crippen LogP contribution in [0.4, 0.5) is 0 Å². The summed E-state index contributed by atoms with van der Waals surface area (Å²) in [4.78, 5) is 2.62. The Labute approximate surface area is 112 Å². The fraction of sp³-hybridized carbons (Fsp3) is 1.00. The van der Waals surface area contributed by atoms with E-state index in [1.54, 1.807) is 0 Å². The molecule has 2 fully saturated rings. The number of nitrogens with zero attached hydrogens (tertiary/aromatic N) is 1. The number of hydrogen-bond donors (Lipinski definition) is 1. The van der Waals surface area contributed by atoms with Gasteiger partial charge in [0, 0.05) is 18.6 Å². The van der Waals surface area contributed by atoms with Gasteiger partial charge in [-0.3, -0.25) is 4.90 Å². The van der Waals surface area contributed by atoms with Gasteiger partial charge in [0.25, 0.3) is 0 Å². The predicted molar refractivity (Wildman–Crippen MR) is 75.7 cm³/mol. The van der Waals surface area contributed by atoms with E-state index in [0.717, 1.165) is 19.1 Å². The van der Waals surface area contributed by atoms with Gasteiger partial charge in [-0.15, -0.1) is 0 Å². The first kappa shape index (κ1) is 14.3. The van der Waals surface area contributed by atoms with Crippen LogP contribution >= 0.6 is 0 Å². The molecule has 1 atom stereocenters. The van der Waals surface area contributed by atoms with Crippen molar-refractivity contribution >= 4 is 0 Å². The Hall–Kier alpha value is -0.120. The normalized spacial score (nSPS) is 36.2. The van der Waals surface area contributed by atoms with Crippen LogP contribution in [-0.4, -0.2) is 41.8 Å². The summed E-state index contributed by atoms with van der Waals surface area (Å²) in [5.74, 6) is 0. The number of nitrogens with two attached hydrogens (primary N) is 1. The van der Waals surface area contributed by atoms with E-state index in [-0.39, 0.29) is 5.60 Å². The van der Waals surface area contributed by atoms with Crippen molar-refractivity contribution in [3.63, 3.8) is 0 Å². The first-order chi connectivity index (χ1) is 8.50. The predicted octanol–water partition coefficient (Wildman–Crippen LogP) is 2.54. The highest BCUT2D eigenvalue weighted by atomic mass is 16.5. The summed E-state index contributed by atoms with van der Waals surface area (Å²) in [7, 11) is 0. The summed E-state index contributed by atoms with van der Waals surface area (Å²) < 4.78 is 6.13. The van der Waals surface area contributed by atoms with Gasteiger partial charge in [-0.2, -0.15) is 0 Å². The maximum Gasteiger partial charge on any atom is 0.0710 e. The molecule has 106 valence electrons. The molecule has 0 bridgehead atoms. The van der Waals surface area contributed by atoms with Crippen LogP contribution in [-0.2, 0) is 4.74 Å². The van der Waals surface area contributed by atoms with E-state index in [2.05, 4.69) is 25.7 Å². The molecule has 0 amide bonds.